The zero-order valence-corrected chi connectivity index (χ0v) is 12.9. The summed E-state index contributed by atoms with van der Waals surface area (Å²) in [6, 6.07) is 8.83. The van der Waals surface area contributed by atoms with Crippen LogP contribution < -0.4 is 10.1 Å². The van der Waals surface area contributed by atoms with Crippen molar-refractivity contribution in [3.8, 4) is 5.75 Å². The topological polar surface area (TPSA) is 21.3 Å². The highest BCUT2D eigenvalue weighted by molar-refractivity contribution is 5.36. The molecule has 0 amide bonds. The van der Waals surface area contributed by atoms with Crippen LogP contribution in [-0.2, 0) is 0 Å². The molecule has 0 aliphatic rings. The van der Waals surface area contributed by atoms with E-state index in [-0.39, 0.29) is 0 Å². The Bertz CT molecular complexity index is 349. The third-order valence-corrected chi connectivity index (χ3v) is 3.27. The van der Waals surface area contributed by atoms with Gasteiger partial charge in [-0.2, -0.15) is 0 Å². The minimum atomic E-state index is 0.407. The number of para-hydroxylation sites is 1. The fourth-order valence-corrected chi connectivity index (χ4v) is 2.24. The molecule has 0 heterocycles. The zero-order chi connectivity index (χ0) is 14.1. The van der Waals surface area contributed by atoms with Crippen LogP contribution in [0.4, 0.5) is 0 Å². The molecule has 1 rings (SSSR count). The average molecular weight is 263 g/mol. The molecule has 0 bridgehead atoms. The van der Waals surface area contributed by atoms with E-state index in [1.807, 2.05) is 13.0 Å². The molecular formula is C17H29NO. The maximum absolute atomic E-state index is 5.76. The van der Waals surface area contributed by atoms with Crippen molar-refractivity contribution >= 4 is 0 Å². The van der Waals surface area contributed by atoms with E-state index in [0.717, 1.165) is 31.2 Å². The van der Waals surface area contributed by atoms with Crippen LogP contribution in [0.25, 0.3) is 0 Å². The minimum Gasteiger partial charge on any atom is -0.494 e. The second-order valence-corrected chi connectivity index (χ2v) is 5.45. The number of nitrogens with one attached hydrogen (secondary N) is 1. The van der Waals surface area contributed by atoms with Gasteiger partial charge in [0.15, 0.2) is 0 Å². The van der Waals surface area contributed by atoms with Crippen molar-refractivity contribution < 1.29 is 4.74 Å². The van der Waals surface area contributed by atoms with E-state index in [1.54, 1.807) is 0 Å². The molecule has 0 aliphatic carbocycles. The van der Waals surface area contributed by atoms with Gasteiger partial charge in [-0.1, -0.05) is 39.0 Å². The third-order valence-electron chi connectivity index (χ3n) is 3.27. The largest absolute Gasteiger partial charge is 0.494 e. The van der Waals surface area contributed by atoms with E-state index in [0.29, 0.717) is 6.04 Å². The number of benzene rings is 1. The summed E-state index contributed by atoms with van der Waals surface area (Å²) in [6.07, 6.45) is 3.57. The Morgan fingerprint density at radius 3 is 2.47 bits per heavy atom. The first-order valence-electron chi connectivity index (χ1n) is 7.64. The molecule has 0 saturated heterocycles. The van der Waals surface area contributed by atoms with Gasteiger partial charge in [0.2, 0.25) is 0 Å². The molecule has 108 valence electrons. The van der Waals surface area contributed by atoms with Crippen molar-refractivity contribution in [3.63, 3.8) is 0 Å². The molecule has 2 nitrogen and oxygen atoms in total. The summed E-state index contributed by atoms with van der Waals surface area (Å²) in [4.78, 5) is 0. The maximum Gasteiger partial charge on any atom is 0.124 e. The van der Waals surface area contributed by atoms with Gasteiger partial charge in [-0.05, 0) is 44.7 Å². The first-order chi connectivity index (χ1) is 9.19. The lowest BCUT2D eigenvalue weighted by molar-refractivity contribution is 0.327. The smallest absolute Gasteiger partial charge is 0.124 e. The molecule has 0 spiro atoms. The van der Waals surface area contributed by atoms with Crippen LogP contribution in [0.5, 0.6) is 5.75 Å². The molecule has 1 aromatic rings. The average Bonchev–Trinajstić information content (AvgIpc) is 2.40. The number of hydrogen-bond donors (Lipinski definition) is 1. The van der Waals surface area contributed by atoms with E-state index < -0.39 is 0 Å². The molecule has 1 N–H and O–H groups in total. The predicted octanol–water partition coefficient (Wildman–Crippen LogP) is 4.56. The number of hydrogen-bond acceptors (Lipinski definition) is 2. The van der Waals surface area contributed by atoms with Gasteiger partial charge in [0.25, 0.3) is 0 Å². The molecule has 0 aliphatic heterocycles. The van der Waals surface area contributed by atoms with Gasteiger partial charge in [0.1, 0.15) is 5.75 Å². The molecule has 0 radical (unpaired) electrons. The van der Waals surface area contributed by atoms with Crippen LogP contribution in [0.3, 0.4) is 0 Å². The van der Waals surface area contributed by atoms with Crippen molar-refractivity contribution in [2.45, 2.75) is 53.0 Å². The highest BCUT2D eigenvalue weighted by Crippen LogP contribution is 2.29. The first kappa shape index (κ1) is 16.0. The van der Waals surface area contributed by atoms with Crippen LogP contribution in [0, 0.1) is 5.92 Å². The molecule has 1 atom stereocenters. The predicted molar refractivity (Wildman–Crippen MR) is 82.7 cm³/mol. The van der Waals surface area contributed by atoms with Crippen LogP contribution in [0.1, 0.15) is 58.6 Å². The van der Waals surface area contributed by atoms with Crippen LogP contribution >= 0.6 is 0 Å². The SMILES string of the molecule is CCCNC(CCC(C)C)c1ccccc1OCC. The van der Waals surface area contributed by atoms with Gasteiger partial charge < -0.3 is 10.1 Å². The Kier molecular flexibility index (Phi) is 7.57. The Hall–Kier alpha value is -1.02. The second-order valence-electron chi connectivity index (χ2n) is 5.45. The lowest BCUT2D eigenvalue weighted by Gasteiger charge is -2.22. The standard InChI is InChI=1S/C17H29NO/c1-5-13-18-16(12-11-14(3)4)15-9-7-8-10-17(15)19-6-2/h7-10,14,16,18H,5-6,11-13H2,1-4H3. The molecule has 1 unspecified atom stereocenters. The van der Waals surface area contributed by atoms with E-state index in [9.17, 15) is 0 Å². The van der Waals surface area contributed by atoms with Gasteiger partial charge >= 0.3 is 0 Å². The van der Waals surface area contributed by atoms with Crippen molar-refractivity contribution in [3.05, 3.63) is 29.8 Å². The van der Waals surface area contributed by atoms with E-state index in [4.69, 9.17) is 4.74 Å². The summed E-state index contributed by atoms with van der Waals surface area (Å²) >= 11 is 0. The first-order valence-corrected chi connectivity index (χ1v) is 7.64. The lowest BCUT2D eigenvalue weighted by Crippen LogP contribution is -2.23. The fourth-order valence-electron chi connectivity index (χ4n) is 2.24. The Balaban J connectivity index is 2.82. The molecule has 0 fully saturated rings. The Labute approximate surface area is 118 Å². The van der Waals surface area contributed by atoms with Gasteiger partial charge in [0.05, 0.1) is 6.61 Å². The summed E-state index contributed by atoms with van der Waals surface area (Å²) in [6.45, 7) is 10.6. The summed E-state index contributed by atoms with van der Waals surface area (Å²) in [5.41, 5.74) is 1.30. The minimum absolute atomic E-state index is 0.407. The Morgan fingerprint density at radius 2 is 1.84 bits per heavy atom. The van der Waals surface area contributed by atoms with E-state index >= 15 is 0 Å². The summed E-state index contributed by atoms with van der Waals surface area (Å²) in [5, 5.41) is 3.66. The van der Waals surface area contributed by atoms with Crippen molar-refractivity contribution in [1.29, 1.82) is 0 Å². The molecule has 19 heavy (non-hydrogen) atoms. The number of ether oxygens (including phenoxy) is 1. The summed E-state index contributed by atoms with van der Waals surface area (Å²) in [7, 11) is 0. The molecular weight excluding hydrogens is 234 g/mol. The highest BCUT2D eigenvalue weighted by Gasteiger charge is 2.15. The van der Waals surface area contributed by atoms with Gasteiger partial charge in [-0.3, -0.25) is 0 Å². The zero-order valence-electron chi connectivity index (χ0n) is 12.9. The molecule has 0 saturated carbocycles. The van der Waals surface area contributed by atoms with Crippen LogP contribution in [-0.4, -0.2) is 13.2 Å². The summed E-state index contributed by atoms with van der Waals surface area (Å²) < 4.78 is 5.76. The normalized spacial score (nSPS) is 12.7. The van der Waals surface area contributed by atoms with Gasteiger partial charge in [0, 0.05) is 11.6 Å². The Morgan fingerprint density at radius 1 is 1.11 bits per heavy atom. The van der Waals surface area contributed by atoms with Crippen molar-refractivity contribution in [2.24, 2.45) is 5.92 Å². The van der Waals surface area contributed by atoms with Crippen molar-refractivity contribution in [1.82, 2.24) is 5.32 Å². The van der Waals surface area contributed by atoms with E-state index in [2.05, 4.69) is 44.3 Å². The number of rotatable bonds is 9. The lowest BCUT2D eigenvalue weighted by atomic mass is 9.97. The van der Waals surface area contributed by atoms with Crippen LogP contribution in [0.15, 0.2) is 24.3 Å². The van der Waals surface area contributed by atoms with Crippen LogP contribution in [0.2, 0.25) is 0 Å². The second kappa shape index (κ2) is 8.98. The van der Waals surface area contributed by atoms with Gasteiger partial charge in [-0.25, -0.2) is 0 Å². The fraction of sp³-hybridized carbons (Fsp3) is 0.647. The maximum atomic E-state index is 5.76. The van der Waals surface area contributed by atoms with E-state index in [1.165, 1.54) is 18.4 Å². The third kappa shape index (κ3) is 5.65. The quantitative estimate of drug-likeness (QED) is 0.705. The molecule has 2 heteroatoms. The highest BCUT2D eigenvalue weighted by atomic mass is 16.5. The molecule has 0 aromatic heterocycles. The monoisotopic (exact) mass is 263 g/mol. The van der Waals surface area contributed by atoms with Gasteiger partial charge in [-0.15, -0.1) is 0 Å². The summed E-state index contributed by atoms with van der Waals surface area (Å²) in [5.74, 6) is 1.77. The van der Waals surface area contributed by atoms with Crippen molar-refractivity contribution in [2.75, 3.05) is 13.2 Å². The molecule has 1 aromatic carbocycles.